The van der Waals surface area contributed by atoms with Gasteiger partial charge in [-0.2, -0.15) is 0 Å². The average Bonchev–Trinajstić information content (AvgIpc) is 2.63. The minimum absolute atomic E-state index is 0.496. The zero-order valence-corrected chi connectivity index (χ0v) is 8.55. The number of fused-ring (bicyclic) bond motifs is 1. The van der Waals surface area contributed by atoms with Crippen molar-refractivity contribution in [3.63, 3.8) is 0 Å². The molecule has 0 amide bonds. The van der Waals surface area contributed by atoms with Crippen molar-refractivity contribution in [2.24, 2.45) is 0 Å². The number of furan rings is 1. The van der Waals surface area contributed by atoms with Crippen molar-refractivity contribution in [2.45, 2.75) is 6.42 Å². The van der Waals surface area contributed by atoms with E-state index >= 15 is 0 Å². The molecule has 0 aliphatic carbocycles. The third-order valence-corrected chi connectivity index (χ3v) is 2.42. The number of benzene rings is 1. The van der Waals surface area contributed by atoms with Gasteiger partial charge in [0.05, 0.1) is 12.3 Å². The summed E-state index contributed by atoms with van der Waals surface area (Å²) in [5.74, 6) is 0. The summed E-state index contributed by atoms with van der Waals surface area (Å²) in [4.78, 5) is 0. The minimum Gasteiger partial charge on any atom is -0.464 e. The molecule has 0 atom stereocenters. The molecular formula is C11H12ClNO. The number of para-hydroxylation sites is 1. The predicted molar refractivity (Wildman–Crippen MR) is 58.6 cm³/mol. The second kappa shape index (κ2) is 4.49. The van der Waals surface area contributed by atoms with Gasteiger partial charge in [0.15, 0.2) is 0 Å². The second-order valence-corrected chi connectivity index (χ2v) is 3.41. The van der Waals surface area contributed by atoms with Crippen molar-refractivity contribution in [2.75, 3.05) is 12.5 Å². The highest BCUT2D eigenvalue weighted by atomic mass is 35.5. The standard InChI is InChI=1S/C11H12ClNO/c12-8-13-6-5-9-7-14-11-4-2-1-3-10(9)11/h1-4,7,13H,5-6,8H2. The van der Waals surface area contributed by atoms with Gasteiger partial charge in [-0.15, -0.1) is 11.6 Å². The summed E-state index contributed by atoms with van der Waals surface area (Å²) in [5.41, 5.74) is 2.19. The van der Waals surface area contributed by atoms with Crippen molar-refractivity contribution >= 4 is 22.6 Å². The Morgan fingerprint density at radius 1 is 1.29 bits per heavy atom. The van der Waals surface area contributed by atoms with E-state index in [1.165, 1.54) is 10.9 Å². The molecule has 2 rings (SSSR count). The zero-order valence-electron chi connectivity index (χ0n) is 7.79. The highest BCUT2D eigenvalue weighted by Gasteiger charge is 2.03. The van der Waals surface area contributed by atoms with Crippen LogP contribution in [0, 0.1) is 0 Å². The minimum atomic E-state index is 0.496. The quantitative estimate of drug-likeness (QED) is 0.476. The molecule has 0 aliphatic rings. The van der Waals surface area contributed by atoms with Gasteiger partial charge in [0.2, 0.25) is 0 Å². The number of hydrogen-bond donors (Lipinski definition) is 1. The molecule has 1 aromatic carbocycles. The lowest BCUT2D eigenvalue weighted by atomic mass is 10.1. The third kappa shape index (κ3) is 1.91. The predicted octanol–water partition coefficient (Wildman–Crippen LogP) is 2.76. The van der Waals surface area contributed by atoms with Crippen LogP contribution in [0.3, 0.4) is 0 Å². The van der Waals surface area contributed by atoms with E-state index in [2.05, 4.69) is 11.4 Å². The van der Waals surface area contributed by atoms with Gasteiger partial charge in [-0.25, -0.2) is 0 Å². The summed E-state index contributed by atoms with van der Waals surface area (Å²) in [6, 6.07) is 8.56. The van der Waals surface area contributed by atoms with Crippen LogP contribution in [0.5, 0.6) is 0 Å². The van der Waals surface area contributed by atoms with E-state index in [9.17, 15) is 0 Å². The van der Waals surface area contributed by atoms with Crippen LogP contribution in [0.1, 0.15) is 5.56 Å². The molecule has 1 N–H and O–H groups in total. The summed E-state index contributed by atoms with van der Waals surface area (Å²) < 4.78 is 5.42. The Morgan fingerprint density at radius 3 is 3.00 bits per heavy atom. The molecule has 1 heterocycles. The van der Waals surface area contributed by atoms with Gasteiger partial charge in [0, 0.05) is 11.9 Å². The Hall–Kier alpha value is -0.990. The number of rotatable bonds is 4. The van der Waals surface area contributed by atoms with Crippen molar-refractivity contribution in [1.29, 1.82) is 0 Å². The summed E-state index contributed by atoms with van der Waals surface area (Å²) in [6.07, 6.45) is 2.77. The summed E-state index contributed by atoms with van der Waals surface area (Å²) in [7, 11) is 0. The summed E-state index contributed by atoms with van der Waals surface area (Å²) >= 11 is 5.53. The van der Waals surface area contributed by atoms with Crippen molar-refractivity contribution < 1.29 is 4.42 Å². The van der Waals surface area contributed by atoms with Gasteiger partial charge >= 0.3 is 0 Å². The molecule has 0 radical (unpaired) electrons. The van der Waals surface area contributed by atoms with E-state index in [-0.39, 0.29) is 0 Å². The largest absolute Gasteiger partial charge is 0.464 e. The molecule has 0 fully saturated rings. The molecule has 2 aromatic rings. The summed E-state index contributed by atoms with van der Waals surface area (Å²) in [5, 5.41) is 4.27. The third-order valence-electron chi connectivity index (χ3n) is 2.23. The molecule has 0 spiro atoms. The highest BCUT2D eigenvalue weighted by molar-refractivity contribution is 6.17. The molecule has 14 heavy (non-hydrogen) atoms. The lowest BCUT2D eigenvalue weighted by Crippen LogP contribution is -2.14. The van der Waals surface area contributed by atoms with Gasteiger partial charge in [0.1, 0.15) is 5.58 Å². The van der Waals surface area contributed by atoms with Crippen LogP contribution < -0.4 is 5.32 Å². The van der Waals surface area contributed by atoms with Crippen LogP contribution >= 0.6 is 11.6 Å². The van der Waals surface area contributed by atoms with Crippen molar-refractivity contribution in [1.82, 2.24) is 5.32 Å². The fourth-order valence-corrected chi connectivity index (χ4v) is 1.65. The van der Waals surface area contributed by atoms with E-state index in [0.717, 1.165) is 18.5 Å². The van der Waals surface area contributed by atoms with Gasteiger partial charge in [-0.05, 0) is 18.1 Å². The van der Waals surface area contributed by atoms with Crippen LogP contribution in [-0.4, -0.2) is 12.5 Å². The lowest BCUT2D eigenvalue weighted by molar-refractivity contribution is 0.608. The van der Waals surface area contributed by atoms with E-state index in [1.54, 1.807) is 0 Å². The first-order chi connectivity index (χ1) is 6.92. The Bertz CT molecular complexity index is 410. The molecule has 0 bridgehead atoms. The lowest BCUT2D eigenvalue weighted by Gasteiger charge is -1.98. The average molecular weight is 210 g/mol. The first-order valence-corrected chi connectivity index (χ1v) is 5.17. The van der Waals surface area contributed by atoms with E-state index in [4.69, 9.17) is 16.0 Å². The van der Waals surface area contributed by atoms with E-state index in [1.807, 2.05) is 24.5 Å². The van der Waals surface area contributed by atoms with Crippen LogP contribution in [0.4, 0.5) is 0 Å². The van der Waals surface area contributed by atoms with Crippen LogP contribution in [0.25, 0.3) is 11.0 Å². The molecule has 0 saturated heterocycles. The first-order valence-electron chi connectivity index (χ1n) is 4.63. The molecular weight excluding hydrogens is 198 g/mol. The Morgan fingerprint density at radius 2 is 2.14 bits per heavy atom. The first kappa shape index (κ1) is 9.56. The molecule has 0 saturated carbocycles. The Labute approximate surface area is 87.9 Å². The topological polar surface area (TPSA) is 25.2 Å². The number of nitrogens with one attached hydrogen (secondary N) is 1. The van der Waals surface area contributed by atoms with Gasteiger partial charge in [-0.1, -0.05) is 18.2 Å². The number of alkyl halides is 1. The van der Waals surface area contributed by atoms with E-state index in [0.29, 0.717) is 6.00 Å². The molecule has 1 aromatic heterocycles. The highest BCUT2D eigenvalue weighted by Crippen LogP contribution is 2.20. The van der Waals surface area contributed by atoms with Crippen LogP contribution in [-0.2, 0) is 6.42 Å². The smallest absolute Gasteiger partial charge is 0.134 e. The molecule has 2 nitrogen and oxygen atoms in total. The number of hydrogen-bond acceptors (Lipinski definition) is 2. The molecule has 74 valence electrons. The molecule has 3 heteroatoms. The molecule has 0 unspecified atom stereocenters. The fraction of sp³-hybridized carbons (Fsp3) is 0.273. The van der Waals surface area contributed by atoms with Gasteiger partial charge in [0.25, 0.3) is 0 Å². The molecule has 0 aliphatic heterocycles. The Kier molecular flexibility index (Phi) is 3.07. The Balaban J connectivity index is 2.17. The zero-order chi connectivity index (χ0) is 9.80. The number of halogens is 1. The maximum absolute atomic E-state index is 5.53. The normalized spacial score (nSPS) is 10.9. The maximum Gasteiger partial charge on any atom is 0.134 e. The van der Waals surface area contributed by atoms with Crippen molar-refractivity contribution in [3.05, 3.63) is 36.1 Å². The fourth-order valence-electron chi connectivity index (χ4n) is 1.52. The second-order valence-electron chi connectivity index (χ2n) is 3.14. The van der Waals surface area contributed by atoms with Crippen LogP contribution in [0.15, 0.2) is 34.9 Å². The van der Waals surface area contributed by atoms with Gasteiger partial charge in [-0.3, -0.25) is 0 Å². The summed E-state index contributed by atoms with van der Waals surface area (Å²) in [6.45, 7) is 0.882. The van der Waals surface area contributed by atoms with Gasteiger partial charge < -0.3 is 9.73 Å². The SMILES string of the molecule is ClCNCCc1coc2ccccc12. The van der Waals surface area contributed by atoms with Crippen LogP contribution in [0.2, 0.25) is 0 Å². The monoisotopic (exact) mass is 209 g/mol. The van der Waals surface area contributed by atoms with Crippen molar-refractivity contribution in [3.8, 4) is 0 Å². The van der Waals surface area contributed by atoms with E-state index < -0.39 is 0 Å². The maximum atomic E-state index is 5.53.